The first-order valence-electron chi connectivity index (χ1n) is 14.8. The van der Waals surface area contributed by atoms with Crippen LogP contribution in [-0.2, 0) is 0 Å². The lowest BCUT2D eigenvalue weighted by Gasteiger charge is -2.25. The van der Waals surface area contributed by atoms with Gasteiger partial charge in [-0.15, -0.1) is 16.4 Å². The minimum atomic E-state index is 0.410. The van der Waals surface area contributed by atoms with Crippen LogP contribution in [0.15, 0.2) is 114 Å². The average Bonchev–Trinajstić information content (AvgIpc) is 3.52. The Morgan fingerprint density at radius 1 is 0.721 bits per heavy atom. The Hall–Kier alpha value is -4.75. The van der Waals surface area contributed by atoms with Gasteiger partial charge in [-0.25, -0.2) is 9.97 Å². The number of benzene rings is 4. The third-order valence-corrected chi connectivity index (χ3v) is 9.00. The molecule has 0 unspecified atom stereocenters. The second-order valence-electron chi connectivity index (χ2n) is 10.9. The Bertz CT molecular complexity index is 1900. The van der Waals surface area contributed by atoms with Crippen LogP contribution < -0.4 is 15.0 Å². The minimum absolute atomic E-state index is 0.410. The lowest BCUT2D eigenvalue weighted by Crippen LogP contribution is -2.25. The molecule has 0 amide bonds. The number of methoxy groups -OCH3 is 1. The molecule has 1 N–H and O–H groups in total. The molecule has 0 aliphatic heterocycles. The molecule has 1 saturated carbocycles. The Kier molecular flexibility index (Phi) is 7.71. The number of hydrogen-bond acceptors (Lipinski definition) is 6. The molecule has 6 aromatic rings. The van der Waals surface area contributed by atoms with Crippen molar-refractivity contribution in [3.8, 4) is 39.4 Å². The summed E-state index contributed by atoms with van der Waals surface area (Å²) in [5, 5.41) is 7.23. The molecule has 0 saturated heterocycles. The summed E-state index contributed by atoms with van der Waals surface area (Å²) >= 11 is 1.67. The number of fused-ring (bicyclic) bond motifs is 1. The highest BCUT2D eigenvalue weighted by Gasteiger charge is 2.21. The molecule has 214 valence electrons. The Morgan fingerprint density at radius 2 is 1.35 bits per heavy atom. The average molecular weight is 584 g/mol. The van der Waals surface area contributed by atoms with Gasteiger partial charge >= 0.3 is 0 Å². The highest BCUT2D eigenvalue weighted by atomic mass is 32.1. The van der Waals surface area contributed by atoms with Crippen molar-refractivity contribution >= 4 is 28.2 Å². The quantitative estimate of drug-likeness (QED) is 0.191. The monoisotopic (exact) mass is 583 g/mol. The molecule has 2 heterocycles. The first-order chi connectivity index (χ1) is 21.3. The Labute approximate surface area is 255 Å². The second-order valence-corrected chi connectivity index (χ2v) is 11.7. The lowest BCUT2D eigenvalue weighted by atomic mass is 9.94. The van der Waals surface area contributed by atoms with E-state index in [2.05, 4.69) is 63.9 Å². The molecule has 7 heteroatoms. The fourth-order valence-electron chi connectivity index (χ4n) is 5.90. The number of nitrogens with zero attached hydrogens (tertiary/aromatic N) is 4. The van der Waals surface area contributed by atoms with E-state index in [1.807, 2.05) is 54.6 Å². The summed E-state index contributed by atoms with van der Waals surface area (Å²) < 4.78 is 7.77. The van der Waals surface area contributed by atoms with E-state index >= 15 is 0 Å². The second kappa shape index (κ2) is 12.2. The molecular weight excluding hydrogens is 550 g/mol. The van der Waals surface area contributed by atoms with Crippen LogP contribution in [0.3, 0.4) is 0 Å². The van der Waals surface area contributed by atoms with Gasteiger partial charge in [0.2, 0.25) is 4.80 Å². The van der Waals surface area contributed by atoms with Gasteiger partial charge in [-0.05, 0) is 53.8 Å². The molecule has 1 aliphatic carbocycles. The first kappa shape index (κ1) is 27.1. The summed E-state index contributed by atoms with van der Waals surface area (Å²) in [6.07, 6.45) is 6.10. The molecule has 1 fully saturated rings. The predicted molar refractivity (Wildman–Crippen MR) is 176 cm³/mol. The van der Waals surface area contributed by atoms with E-state index in [0.29, 0.717) is 11.9 Å². The number of para-hydroxylation sites is 2. The van der Waals surface area contributed by atoms with Gasteiger partial charge in [0.25, 0.3) is 0 Å². The maximum absolute atomic E-state index is 5.33. The molecule has 1 aliphatic rings. The summed E-state index contributed by atoms with van der Waals surface area (Å²) in [6.45, 7) is 0. The van der Waals surface area contributed by atoms with Crippen LogP contribution in [0.2, 0.25) is 0 Å². The molecule has 0 bridgehead atoms. The SMILES string of the molecule is COc1ccc(-c2ccc(-c3cs/c(=N/Nc4nc5ccccc5nc4-c4ccccc4)n3C3CCCCC3)cc2)cc1. The van der Waals surface area contributed by atoms with Crippen LogP contribution in [0.5, 0.6) is 5.75 Å². The number of anilines is 1. The van der Waals surface area contributed by atoms with Crippen LogP contribution in [0, 0.1) is 0 Å². The topological polar surface area (TPSA) is 64.3 Å². The third-order valence-electron chi connectivity index (χ3n) is 8.16. The third kappa shape index (κ3) is 5.68. The molecular formula is C36H33N5OS. The molecule has 0 atom stereocenters. The van der Waals surface area contributed by atoms with Crippen LogP contribution >= 0.6 is 11.3 Å². The van der Waals surface area contributed by atoms with Gasteiger partial charge in [0.05, 0.1) is 23.8 Å². The van der Waals surface area contributed by atoms with Gasteiger partial charge in [-0.1, -0.05) is 98.1 Å². The summed E-state index contributed by atoms with van der Waals surface area (Å²) in [6, 6.07) is 35.6. The van der Waals surface area contributed by atoms with Crippen molar-refractivity contribution in [3.05, 3.63) is 113 Å². The van der Waals surface area contributed by atoms with Crippen molar-refractivity contribution in [1.82, 2.24) is 14.5 Å². The van der Waals surface area contributed by atoms with Gasteiger partial charge in [0.15, 0.2) is 5.82 Å². The molecule has 0 spiro atoms. The van der Waals surface area contributed by atoms with Crippen LogP contribution in [0.1, 0.15) is 38.1 Å². The molecule has 0 radical (unpaired) electrons. The maximum atomic E-state index is 5.33. The fourth-order valence-corrected chi connectivity index (χ4v) is 6.82. The molecule has 6 nitrogen and oxygen atoms in total. The zero-order valence-electron chi connectivity index (χ0n) is 24.1. The lowest BCUT2D eigenvalue weighted by molar-refractivity contribution is 0.350. The van der Waals surface area contributed by atoms with E-state index < -0.39 is 0 Å². The number of nitrogens with one attached hydrogen (secondary N) is 1. The zero-order chi connectivity index (χ0) is 29.0. The number of aromatic nitrogens is 3. The van der Waals surface area contributed by atoms with Crippen molar-refractivity contribution in [2.45, 2.75) is 38.1 Å². The van der Waals surface area contributed by atoms with E-state index in [1.165, 1.54) is 41.6 Å². The van der Waals surface area contributed by atoms with E-state index in [4.69, 9.17) is 19.8 Å². The van der Waals surface area contributed by atoms with E-state index in [9.17, 15) is 0 Å². The van der Waals surface area contributed by atoms with Gasteiger partial charge in [0, 0.05) is 17.0 Å². The maximum Gasteiger partial charge on any atom is 0.208 e. The van der Waals surface area contributed by atoms with E-state index in [-0.39, 0.29) is 0 Å². The summed E-state index contributed by atoms with van der Waals surface area (Å²) in [7, 11) is 1.69. The molecule has 4 aromatic carbocycles. The van der Waals surface area contributed by atoms with Crippen molar-refractivity contribution in [2.75, 3.05) is 12.5 Å². The van der Waals surface area contributed by atoms with Crippen LogP contribution in [0.25, 0.3) is 44.7 Å². The Balaban J connectivity index is 1.27. The number of hydrogen-bond donors (Lipinski definition) is 1. The van der Waals surface area contributed by atoms with Gasteiger partial charge in [-0.2, -0.15) is 0 Å². The predicted octanol–water partition coefficient (Wildman–Crippen LogP) is 8.94. The summed E-state index contributed by atoms with van der Waals surface area (Å²) in [4.78, 5) is 10.9. The number of thiazole rings is 1. The van der Waals surface area contributed by atoms with Crippen molar-refractivity contribution < 1.29 is 4.74 Å². The highest BCUT2D eigenvalue weighted by molar-refractivity contribution is 7.07. The fraction of sp³-hybridized carbons (Fsp3) is 0.194. The van der Waals surface area contributed by atoms with Crippen LogP contribution in [-0.4, -0.2) is 21.6 Å². The summed E-state index contributed by atoms with van der Waals surface area (Å²) in [5.74, 6) is 1.52. The standard InChI is InChI=1S/C36H33N5OS/c1-42-30-22-20-26(21-23-30)25-16-18-27(19-17-25)33-24-43-36(41(33)29-12-6-3-7-13-29)40-39-35-34(28-10-4-2-5-11-28)37-31-14-8-9-15-32(31)38-35/h2,4-5,8-11,14-24,29H,3,6-7,12-13H2,1H3,(H,38,39)/b40-36+. The molecule has 2 aromatic heterocycles. The number of ether oxygens (including phenoxy) is 1. The van der Waals surface area contributed by atoms with Crippen molar-refractivity contribution in [2.24, 2.45) is 5.10 Å². The Morgan fingerprint density at radius 3 is 2.05 bits per heavy atom. The van der Waals surface area contributed by atoms with Gasteiger partial charge in [-0.3, -0.25) is 5.43 Å². The molecule has 43 heavy (non-hydrogen) atoms. The van der Waals surface area contributed by atoms with Crippen LogP contribution in [0.4, 0.5) is 5.82 Å². The van der Waals surface area contributed by atoms with Gasteiger partial charge in [0.1, 0.15) is 11.4 Å². The largest absolute Gasteiger partial charge is 0.497 e. The minimum Gasteiger partial charge on any atom is -0.497 e. The van der Waals surface area contributed by atoms with Crippen molar-refractivity contribution in [3.63, 3.8) is 0 Å². The number of rotatable bonds is 7. The summed E-state index contributed by atoms with van der Waals surface area (Å²) in [5.41, 5.74) is 11.6. The van der Waals surface area contributed by atoms with E-state index in [0.717, 1.165) is 45.7 Å². The van der Waals surface area contributed by atoms with Crippen molar-refractivity contribution in [1.29, 1.82) is 0 Å². The normalized spacial score (nSPS) is 14.2. The zero-order valence-corrected chi connectivity index (χ0v) is 24.9. The van der Waals surface area contributed by atoms with E-state index in [1.54, 1.807) is 18.4 Å². The van der Waals surface area contributed by atoms with Gasteiger partial charge < -0.3 is 9.30 Å². The smallest absolute Gasteiger partial charge is 0.208 e. The molecule has 7 rings (SSSR count). The first-order valence-corrected chi connectivity index (χ1v) is 15.7. The highest BCUT2D eigenvalue weighted by Crippen LogP contribution is 2.34.